The number of methoxy groups -OCH3 is 1. The van der Waals surface area contributed by atoms with E-state index in [1.165, 1.54) is 11.7 Å². The van der Waals surface area contributed by atoms with Gasteiger partial charge in [-0.05, 0) is 57.9 Å². The van der Waals surface area contributed by atoms with E-state index in [-0.39, 0.29) is 12.1 Å². The number of aromatic nitrogens is 1. The van der Waals surface area contributed by atoms with Crippen LogP contribution in [0.3, 0.4) is 0 Å². The maximum Gasteiger partial charge on any atom is 0.307 e. The zero-order valence-corrected chi connectivity index (χ0v) is 16.5. The van der Waals surface area contributed by atoms with Gasteiger partial charge in [-0.2, -0.15) is 0 Å². The number of ether oxygens (including phenoxy) is 1. The fraction of sp³-hybridized carbons (Fsp3) is 0.158. The highest BCUT2D eigenvalue weighted by Gasteiger charge is 2.24. The molecular formula is C19H15BrClNO5. The van der Waals surface area contributed by atoms with E-state index in [1.807, 2.05) is 0 Å². The molecule has 1 heterocycles. The Labute approximate surface area is 168 Å². The number of carbonyl (C=O) groups is 2. The van der Waals surface area contributed by atoms with Crippen molar-refractivity contribution in [2.45, 2.75) is 13.0 Å². The zero-order valence-electron chi connectivity index (χ0n) is 14.2. The van der Waals surface area contributed by atoms with Crippen molar-refractivity contribution in [3.8, 4) is 5.75 Å². The van der Waals surface area contributed by atoms with Gasteiger partial charge in [0.2, 0.25) is 0 Å². The average Bonchev–Trinajstić information content (AvgIpc) is 2.92. The molecule has 3 aromatic rings. The van der Waals surface area contributed by atoms with Crippen LogP contribution in [0.25, 0.3) is 10.9 Å². The Kier molecular flexibility index (Phi) is 5.55. The maximum atomic E-state index is 13.1. The van der Waals surface area contributed by atoms with Crippen molar-refractivity contribution in [3.63, 3.8) is 0 Å². The van der Waals surface area contributed by atoms with Gasteiger partial charge in [-0.3, -0.25) is 14.2 Å². The molecule has 0 amide bonds. The summed E-state index contributed by atoms with van der Waals surface area (Å²) >= 11 is 9.28. The van der Waals surface area contributed by atoms with E-state index in [0.29, 0.717) is 37.3 Å². The number of hydrogen-bond acceptors (Lipinski definition) is 4. The summed E-state index contributed by atoms with van der Waals surface area (Å²) in [4.78, 5) is 24.5. The summed E-state index contributed by atoms with van der Waals surface area (Å²) in [6.45, 7) is -0.490. The second-order valence-electron chi connectivity index (χ2n) is 5.81. The number of halogens is 2. The third kappa shape index (κ3) is 3.58. The van der Waals surface area contributed by atoms with Gasteiger partial charge in [0.15, 0.2) is 0 Å². The average molecular weight is 453 g/mol. The van der Waals surface area contributed by atoms with Gasteiger partial charge < -0.3 is 14.9 Å². The molecule has 0 saturated carbocycles. The topological polar surface area (TPSA) is 88.8 Å². The van der Waals surface area contributed by atoms with Crippen molar-refractivity contribution < 1.29 is 24.5 Å². The fourth-order valence-electron chi connectivity index (χ4n) is 3.03. The van der Waals surface area contributed by atoms with Crippen molar-refractivity contribution >= 4 is 50.3 Å². The largest absolute Gasteiger partial charge is 0.496 e. The number of aliphatic carboxylic acids is 1. The van der Waals surface area contributed by atoms with Crippen LogP contribution in [-0.4, -0.2) is 33.8 Å². The van der Waals surface area contributed by atoms with Gasteiger partial charge in [0.1, 0.15) is 5.75 Å². The van der Waals surface area contributed by atoms with Gasteiger partial charge in [-0.1, -0.05) is 11.6 Å². The highest BCUT2D eigenvalue weighted by molar-refractivity contribution is 9.10. The number of hydrogen-bond donors (Lipinski definition) is 2. The highest BCUT2D eigenvalue weighted by atomic mass is 79.9. The van der Waals surface area contributed by atoms with Gasteiger partial charge in [-0.25, -0.2) is 0 Å². The lowest BCUT2D eigenvalue weighted by Crippen LogP contribution is -2.16. The van der Waals surface area contributed by atoms with Crippen molar-refractivity contribution in [3.05, 3.63) is 62.7 Å². The van der Waals surface area contributed by atoms with E-state index in [1.54, 1.807) is 36.4 Å². The number of carboxylic acids is 1. The van der Waals surface area contributed by atoms with E-state index < -0.39 is 18.5 Å². The first-order valence-electron chi connectivity index (χ1n) is 7.90. The minimum atomic E-state index is -1.07. The molecule has 0 radical (unpaired) electrons. The molecule has 8 heteroatoms. The molecule has 0 bridgehead atoms. The van der Waals surface area contributed by atoms with Crippen LogP contribution in [-0.2, 0) is 17.8 Å². The lowest BCUT2D eigenvalue weighted by atomic mass is 10.1. The summed E-state index contributed by atoms with van der Waals surface area (Å²) in [5, 5.41) is 20.2. The molecule has 0 saturated heterocycles. The second-order valence-corrected chi connectivity index (χ2v) is 7.10. The van der Waals surface area contributed by atoms with Gasteiger partial charge in [0.25, 0.3) is 5.91 Å². The Balaban J connectivity index is 2.33. The van der Waals surface area contributed by atoms with E-state index >= 15 is 0 Å². The summed E-state index contributed by atoms with van der Waals surface area (Å²) in [7, 11) is 1.49. The standard InChI is InChI=1S/C19H15BrClNO5/c1-27-17-6-12-13(7-18(24)25)16(9-23)22(15(12)8-14(17)20)19(26)10-2-4-11(21)5-3-10/h2-6,8,23H,7,9H2,1H3,(H,24,25). The number of nitrogens with zero attached hydrogens (tertiary/aromatic N) is 1. The van der Waals surface area contributed by atoms with Gasteiger partial charge >= 0.3 is 5.97 Å². The first kappa shape index (κ1) is 19.4. The van der Waals surface area contributed by atoms with Crippen LogP contribution in [0.1, 0.15) is 21.6 Å². The minimum Gasteiger partial charge on any atom is -0.496 e. The first-order chi connectivity index (χ1) is 12.9. The first-order valence-corrected chi connectivity index (χ1v) is 9.07. The molecule has 0 atom stereocenters. The molecule has 2 aromatic carbocycles. The third-order valence-electron chi connectivity index (χ3n) is 4.23. The molecule has 1 aromatic heterocycles. The van der Waals surface area contributed by atoms with E-state index in [4.69, 9.17) is 16.3 Å². The van der Waals surface area contributed by atoms with Crippen molar-refractivity contribution in [1.82, 2.24) is 4.57 Å². The van der Waals surface area contributed by atoms with Gasteiger partial charge in [-0.15, -0.1) is 0 Å². The molecule has 0 aliphatic carbocycles. The Morgan fingerprint density at radius 1 is 1.22 bits per heavy atom. The van der Waals surface area contributed by atoms with Crippen molar-refractivity contribution in [2.75, 3.05) is 7.11 Å². The normalized spacial score (nSPS) is 11.0. The Morgan fingerprint density at radius 3 is 2.44 bits per heavy atom. The Bertz CT molecular complexity index is 1040. The molecule has 0 aliphatic rings. The summed E-state index contributed by atoms with van der Waals surface area (Å²) < 4.78 is 7.23. The predicted octanol–water partition coefficient (Wildman–Crippen LogP) is 3.87. The van der Waals surface area contributed by atoms with Gasteiger partial charge in [0.05, 0.1) is 35.8 Å². The molecule has 3 rings (SSSR count). The minimum absolute atomic E-state index is 0.229. The Morgan fingerprint density at radius 2 is 1.89 bits per heavy atom. The second kappa shape index (κ2) is 7.72. The molecule has 0 fully saturated rings. The number of benzene rings is 2. The number of carboxylic acid groups (broad SMARTS) is 1. The molecule has 0 unspecified atom stereocenters. The zero-order chi connectivity index (χ0) is 19.7. The SMILES string of the molecule is COc1cc2c(CC(=O)O)c(CO)n(C(=O)c3ccc(Cl)cc3)c2cc1Br. The van der Waals surface area contributed by atoms with E-state index in [9.17, 15) is 19.8 Å². The molecule has 140 valence electrons. The van der Waals surface area contributed by atoms with Crippen LogP contribution >= 0.6 is 27.5 Å². The number of fused-ring (bicyclic) bond motifs is 1. The van der Waals surface area contributed by atoms with E-state index in [0.717, 1.165) is 0 Å². The van der Waals surface area contributed by atoms with Crippen LogP contribution in [0, 0.1) is 0 Å². The molecule has 27 heavy (non-hydrogen) atoms. The summed E-state index contributed by atoms with van der Waals surface area (Å²) in [5.41, 5.74) is 1.43. The van der Waals surface area contributed by atoms with Crippen LogP contribution < -0.4 is 4.74 Å². The number of carbonyl (C=O) groups excluding carboxylic acids is 1. The number of aliphatic hydroxyl groups excluding tert-OH is 1. The number of rotatable bonds is 5. The third-order valence-corrected chi connectivity index (χ3v) is 5.10. The molecule has 6 nitrogen and oxygen atoms in total. The van der Waals surface area contributed by atoms with E-state index in [2.05, 4.69) is 15.9 Å². The van der Waals surface area contributed by atoms with Crippen LogP contribution in [0.4, 0.5) is 0 Å². The smallest absolute Gasteiger partial charge is 0.307 e. The fourth-order valence-corrected chi connectivity index (χ4v) is 3.65. The Hall–Kier alpha value is -2.35. The highest BCUT2D eigenvalue weighted by Crippen LogP contribution is 2.36. The maximum absolute atomic E-state index is 13.1. The van der Waals surface area contributed by atoms with Crippen LogP contribution in [0.15, 0.2) is 40.9 Å². The molecular weight excluding hydrogens is 438 g/mol. The quantitative estimate of drug-likeness (QED) is 0.613. The summed E-state index contributed by atoms with van der Waals surface area (Å²) in [6.07, 6.45) is -0.335. The summed E-state index contributed by atoms with van der Waals surface area (Å²) in [5.74, 6) is -0.964. The molecule has 0 aliphatic heterocycles. The predicted molar refractivity (Wildman–Crippen MR) is 105 cm³/mol. The van der Waals surface area contributed by atoms with Crippen molar-refractivity contribution in [2.24, 2.45) is 0 Å². The van der Waals surface area contributed by atoms with Gasteiger partial charge in [0, 0.05) is 16.0 Å². The lowest BCUT2D eigenvalue weighted by Gasteiger charge is -2.10. The number of aliphatic hydroxyl groups is 1. The lowest BCUT2D eigenvalue weighted by molar-refractivity contribution is -0.136. The molecule has 0 spiro atoms. The van der Waals surface area contributed by atoms with Crippen LogP contribution in [0.2, 0.25) is 5.02 Å². The molecule has 2 N–H and O–H groups in total. The summed E-state index contributed by atoms with van der Waals surface area (Å²) in [6, 6.07) is 9.67. The van der Waals surface area contributed by atoms with Crippen LogP contribution in [0.5, 0.6) is 5.75 Å². The monoisotopic (exact) mass is 451 g/mol. The van der Waals surface area contributed by atoms with Crippen molar-refractivity contribution in [1.29, 1.82) is 0 Å².